The largest absolute Gasteiger partial charge is 0.337 e. The van der Waals surface area contributed by atoms with Crippen LogP contribution in [0.15, 0.2) is 48.6 Å². The molecule has 2 fully saturated rings. The van der Waals surface area contributed by atoms with Crippen LogP contribution in [0.2, 0.25) is 0 Å². The van der Waals surface area contributed by atoms with Gasteiger partial charge in [-0.3, -0.25) is 0 Å². The Morgan fingerprint density at radius 1 is 0.500 bits per heavy atom. The molecule has 0 aromatic heterocycles. The lowest BCUT2D eigenvalue weighted by Crippen LogP contribution is -2.64. The molecule has 0 spiro atoms. The summed E-state index contributed by atoms with van der Waals surface area (Å²) in [4.78, 5) is 5.20. The molecule has 0 saturated carbocycles. The van der Waals surface area contributed by atoms with E-state index in [4.69, 9.17) is 9.47 Å². The molecule has 0 bridgehead atoms. The van der Waals surface area contributed by atoms with Gasteiger partial charge in [0, 0.05) is 25.2 Å². The van der Waals surface area contributed by atoms with E-state index in [9.17, 15) is 0 Å². The number of hydrogen-bond donors (Lipinski definition) is 0. The number of allylic oxidation sites excluding steroid dienone is 8. The lowest BCUT2D eigenvalue weighted by molar-refractivity contribution is -0.209. The van der Waals surface area contributed by atoms with E-state index in [0.717, 1.165) is 45.7 Å². The molecular weight excluding hydrogens is 588 g/mol. The van der Waals surface area contributed by atoms with Gasteiger partial charge in [0.1, 0.15) is 0 Å². The lowest BCUT2D eigenvalue weighted by atomic mass is 9.82. The van der Waals surface area contributed by atoms with E-state index >= 15 is 0 Å². The Kier molecular flexibility index (Phi) is 27.4. The van der Waals surface area contributed by atoms with Gasteiger partial charge < -0.3 is 14.4 Å². The zero-order chi connectivity index (χ0) is 34.2. The summed E-state index contributed by atoms with van der Waals surface area (Å²) in [5, 5.41) is 0. The molecule has 0 amide bonds. The number of rotatable bonds is 31. The maximum atomic E-state index is 6.12. The van der Waals surface area contributed by atoms with Gasteiger partial charge in [0.25, 0.3) is 0 Å². The fraction of sp³-hybridized carbons (Fsp3) is 0.818. The molecule has 0 aromatic carbocycles. The third-order valence-electron chi connectivity index (χ3n) is 10.4. The van der Waals surface area contributed by atoms with Crippen LogP contribution in [0.1, 0.15) is 181 Å². The van der Waals surface area contributed by atoms with Gasteiger partial charge in [0.05, 0.1) is 13.2 Å². The van der Waals surface area contributed by atoms with Crippen molar-refractivity contribution >= 4 is 0 Å². The first-order valence-corrected chi connectivity index (χ1v) is 21.0. The van der Waals surface area contributed by atoms with Crippen LogP contribution in [0, 0.1) is 0 Å². The molecule has 0 radical (unpaired) electrons. The first kappa shape index (κ1) is 43.0. The predicted octanol–water partition coefficient (Wildman–Crippen LogP) is 12.7. The van der Waals surface area contributed by atoms with Crippen molar-refractivity contribution in [3.8, 4) is 0 Å². The second-order valence-electron chi connectivity index (χ2n) is 14.9. The van der Waals surface area contributed by atoms with Gasteiger partial charge in [-0.25, -0.2) is 4.90 Å². The fourth-order valence-electron chi connectivity index (χ4n) is 7.50. The summed E-state index contributed by atoms with van der Waals surface area (Å²) in [6, 6.07) is 0. The minimum Gasteiger partial charge on any atom is -0.337 e. The summed E-state index contributed by atoms with van der Waals surface area (Å²) >= 11 is 0. The molecule has 4 nitrogen and oxygen atoms in total. The number of hydrogen-bond acceptors (Lipinski definition) is 4. The second kappa shape index (κ2) is 30.6. The third kappa shape index (κ3) is 21.1. The molecule has 0 atom stereocenters. The number of piperazine rings is 1. The molecule has 4 heteroatoms. The molecule has 48 heavy (non-hydrogen) atoms. The van der Waals surface area contributed by atoms with Crippen LogP contribution in [0.25, 0.3) is 0 Å². The zero-order valence-electron chi connectivity index (χ0n) is 32.3. The van der Waals surface area contributed by atoms with Crippen molar-refractivity contribution in [2.24, 2.45) is 0 Å². The number of likely N-dealkylation sites (N-methyl/N-ethyl adjacent to an activating group) is 1. The lowest BCUT2D eigenvalue weighted by Gasteiger charge is -2.52. The fourth-order valence-corrected chi connectivity index (χ4v) is 7.50. The Morgan fingerprint density at radius 3 is 1.33 bits per heavy atom. The van der Waals surface area contributed by atoms with Crippen LogP contribution in [0.5, 0.6) is 0 Å². The van der Waals surface area contributed by atoms with Gasteiger partial charge in [-0.1, -0.05) is 152 Å². The average molecular weight is 669 g/mol. The molecule has 2 saturated heterocycles. The third-order valence-corrected chi connectivity index (χ3v) is 10.4. The number of unbranched alkanes of at least 4 members (excludes halogenated alkanes) is 18. The smallest absolute Gasteiger partial charge is 0.219 e. The highest BCUT2D eigenvalue weighted by molar-refractivity contribution is 4.97. The standard InChI is InChI=1S/C44H80N2O2/c1-4-6-8-10-12-14-16-18-20-22-24-26-28-30-32-34-36-44(42-45(3)38-39-46(44)43-47-40-41-48-43)37-35-33-31-29-27-25-23-21-19-17-15-13-11-9-7-5-2/h12-15,18-21,43H,4-11,16-17,22-42H2,1-3H3/b14-12-,15-13-,20-18-,21-19-. The van der Waals surface area contributed by atoms with Crippen molar-refractivity contribution in [2.75, 3.05) is 39.9 Å². The highest BCUT2D eigenvalue weighted by Gasteiger charge is 2.44. The SMILES string of the molecule is CCCCC/C=C\C/C=C\CCCCCCCCC1(CCCCCCCC/C=C\C/C=C\CCCCC)CN(C)CCN1C1OCCO1. The Labute approximate surface area is 299 Å². The molecule has 0 aliphatic carbocycles. The van der Waals surface area contributed by atoms with Crippen LogP contribution in [-0.4, -0.2) is 61.6 Å². The van der Waals surface area contributed by atoms with Gasteiger partial charge in [0.2, 0.25) is 6.41 Å². The average Bonchev–Trinajstić information content (AvgIpc) is 3.63. The van der Waals surface area contributed by atoms with Gasteiger partial charge >= 0.3 is 0 Å². The summed E-state index contributed by atoms with van der Waals surface area (Å²) in [7, 11) is 2.32. The van der Waals surface area contributed by atoms with Gasteiger partial charge in [-0.05, 0) is 84.1 Å². The first-order chi connectivity index (χ1) is 23.7. The highest BCUT2D eigenvalue weighted by atomic mass is 16.7. The minimum atomic E-state index is -0.132. The van der Waals surface area contributed by atoms with Gasteiger partial charge in [-0.2, -0.15) is 0 Å². The Hall–Kier alpha value is -1.20. The van der Waals surface area contributed by atoms with Gasteiger partial charge in [0.15, 0.2) is 0 Å². The Balaban J connectivity index is 1.63. The molecule has 2 heterocycles. The molecule has 2 aliphatic heterocycles. The molecular formula is C44H80N2O2. The number of nitrogens with zero attached hydrogens (tertiary/aromatic N) is 2. The van der Waals surface area contributed by atoms with E-state index < -0.39 is 0 Å². The van der Waals surface area contributed by atoms with Crippen LogP contribution in [0.3, 0.4) is 0 Å². The van der Waals surface area contributed by atoms with Crippen LogP contribution in [0.4, 0.5) is 0 Å². The van der Waals surface area contributed by atoms with E-state index in [-0.39, 0.29) is 12.0 Å². The highest BCUT2D eigenvalue weighted by Crippen LogP contribution is 2.36. The molecule has 0 N–H and O–H groups in total. The molecule has 0 aromatic rings. The van der Waals surface area contributed by atoms with Crippen LogP contribution < -0.4 is 0 Å². The Morgan fingerprint density at radius 2 is 0.896 bits per heavy atom. The first-order valence-electron chi connectivity index (χ1n) is 21.0. The summed E-state index contributed by atoms with van der Waals surface area (Å²) in [5.74, 6) is 0. The quantitative estimate of drug-likeness (QED) is 0.0542. The van der Waals surface area contributed by atoms with Crippen molar-refractivity contribution in [3.05, 3.63) is 48.6 Å². The molecule has 0 unspecified atom stereocenters. The second-order valence-corrected chi connectivity index (χ2v) is 14.9. The van der Waals surface area contributed by atoms with Crippen molar-refractivity contribution in [1.29, 1.82) is 0 Å². The maximum absolute atomic E-state index is 6.12. The molecule has 278 valence electrons. The van der Waals surface area contributed by atoms with Gasteiger partial charge in [-0.15, -0.1) is 0 Å². The zero-order valence-corrected chi connectivity index (χ0v) is 32.3. The Bertz CT molecular complexity index is 780. The summed E-state index contributed by atoms with van der Waals surface area (Å²) in [5.41, 5.74) is 0.187. The van der Waals surface area contributed by atoms with Crippen molar-refractivity contribution in [1.82, 2.24) is 9.80 Å². The molecule has 2 aliphatic rings. The summed E-state index contributed by atoms with van der Waals surface area (Å²) < 4.78 is 12.2. The van der Waals surface area contributed by atoms with Crippen LogP contribution >= 0.6 is 0 Å². The normalized spacial score (nSPS) is 18.2. The monoisotopic (exact) mass is 669 g/mol. The van der Waals surface area contributed by atoms with Crippen molar-refractivity contribution < 1.29 is 9.47 Å². The number of ether oxygens (including phenoxy) is 2. The topological polar surface area (TPSA) is 24.9 Å². The minimum absolute atomic E-state index is 0.132. The van der Waals surface area contributed by atoms with Crippen molar-refractivity contribution in [3.63, 3.8) is 0 Å². The van der Waals surface area contributed by atoms with E-state index in [0.29, 0.717) is 0 Å². The summed E-state index contributed by atoms with van der Waals surface area (Å²) in [6.07, 6.45) is 52.8. The van der Waals surface area contributed by atoms with Crippen molar-refractivity contribution in [2.45, 2.75) is 193 Å². The summed E-state index contributed by atoms with van der Waals surface area (Å²) in [6.45, 7) is 9.34. The van der Waals surface area contributed by atoms with Crippen LogP contribution in [-0.2, 0) is 9.47 Å². The van der Waals surface area contributed by atoms with E-state index in [1.165, 1.54) is 154 Å². The van der Waals surface area contributed by atoms with E-state index in [2.05, 4.69) is 79.3 Å². The maximum Gasteiger partial charge on any atom is 0.219 e. The predicted molar refractivity (Wildman–Crippen MR) is 211 cm³/mol. The van der Waals surface area contributed by atoms with E-state index in [1.807, 2.05) is 0 Å². The molecule has 2 rings (SSSR count). The van der Waals surface area contributed by atoms with E-state index in [1.54, 1.807) is 0 Å².